The number of nitrogens with zero attached hydrogens (tertiary/aromatic N) is 1. The summed E-state index contributed by atoms with van der Waals surface area (Å²) >= 11 is 0. The van der Waals surface area contributed by atoms with Gasteiger partial charge in [-0.1, -0.05) is 36.8 Å². The standard InChI is InChI=1S/C17H26N2/c1-2-7-16(8-3-1)15-19-13-6-10-17(11-14-19)9-4-5-12-18-17/h1-3,7-8,18H,4-6,9-15H2. The monoisotopic (exact) mass is 258 g/mol. The predicted octanol–water partition coefficient (Wildman–Crippen LogP) is 3.18. The minimum atomic E-state index is 0.476. The molecule has 2 heteroatoms. The Bertz CT molecular complexity index is 382. The fourth-order valence-electron chi connectivity index (χ4n) is 3.71. The van der Waals surface area contributed by atoms with Crippen molar-refractivity contribution in [2.45, 2.75) is 50.6 Å². The van der Waals surface area contributed by atoms with Crippen molar-refractivity contribution in [3.05, 3.63) is 35.9 Å². The number of piperidine rings is 1. The molecule has 1 atom stereocenters. The third-order valence-electron chi connectivity index (χ3n) is 4.87. The van der Waals surface area contributed by atoms with Gasteiger partial charge in [-0.25, -0.2) is 0 Å². The van der Waals surface area contributed by atoms with Crippen molar-refractivity contribution < 1.29 is 0 Å². The first-order valence-corrected chi connectivity index (χ1v) is 7.88. The molecule has 2 aliphatic rings. The van der Waals surface area contributed by atoms with Crippen molar-refractivity contribution >= 4 is 0 Å². The number of hydrogen-bond donors (Lipinski definition) is 1. The van der Waals surface area contributed by atoms with Gasteiger partial charge in [0.25, 0.3) is 0 Å². The molecule has 104 valence electrons. The van der Waals surface area contributed by atoms with E-state index in [0.717, 1.165) is 6.54 Å². The highest BCUT2D eigenvalue weighted by atomic mass is 15.1. The van der Waals surface area contributed by atoms with Gasteiger partial charge in [0.2, 0.25) is 0 Å². The summed E-state index contributed by atoms with van der Waals surface area (Å²) in [5, 5.41) is 3.83. The van der Waals surface area contributed by atoms with Crippen LogP contribution in [-0.4, -0.2) is 30.1 Å². The van der Waals surface area contributed by atoms with Crippen molar-refractivity contribution in [3.8, 4) is 0 Å². The van der Waals surface area contributed by atoms with Crippen LogP contribution >= 0.6 is 0 Å². The molecule has 0 bridgehead atoms. The Morgan fingerprint density at radius 3 is 2.58 bits per heavy atom. The van der Waals surface area contributed by atoms with Crippen LogP contribution in [0.15, 0.2) is 30.3 Å². The van der Waals surface area contributed by atoms with Crippen LogP contribution in [-0.2, 0) is 6.54 Å². The van der Waals surface area contributed by atoms with Crippen molar-refractivity contribution in [2.24, 2.45) is 0 Å². The number of hydrogen-bond acceptors (Lipinski definition) is 2. The molecule has 3 rings (SSSR count). The Kier molecular flexibility index (Phi) is 4.19. The Morgan fingerprint density at radius 2 is 1.79 bits per heavy atom. The SMILES string of the molecule is c1ccc(CN2CCCC3(CCCCN3)CC2)cc1. The van der Waals surface area contributed by atoms with E-state index in [0.29, 0.717) is 5.54 Å². The molecule has 1 spiro atoms. The minimum absolute atomic E-state index is 0.476. The topological polar surface area (TPSA) is 15.3 Å². The van der Waals surface area contributed by atoms with E-state index < -0.39 is 0 Å². The van der Waals surface area contributed by atoms with Gasteiger partial charge in [0.05, 0.1) is 0 Å². The summed E-state index contributed by atoms with van der Waals surface area (Å²) in [5.74, 6) is 0. The van der Waals surface area contributed by atoms with Gasteiger partial charge in [0.15, 0.2) is 0 Å². The molecule has 2 nitrogen and oxygen atoms in total. The van der Waals surface area contributed by atoms with Crippen LogP contribution in [0.3, 0.4) is 0 Å². The van der Waals surface area contributed by atoms with Gasteiger partial charge in [0.1, 0.15) is 0 Å². The van der Waals surface area contributed by atoms with E-state index in [9.17, 15) is 0 Å². The molecule has 1 N–H and O–H groups in total. The second kappa shape index (κ2) is 6.06. The maximum Gasteiger partial charge on any atom is 0.0233 e. The van der Waals surface area contributed by atoms with Crippen molar-refractivity contribution in [2.75, 3.05) is 19.6 Å². The van der Waals surface area contributed by atoms with Crippen LogP contribution in [0.2, 0.25) is 0 Å². The van der Waals surface area contributed by atoms with Crippen LogP contribution in [0.4, 0.5) is 0 Å². The highest BCUT2D eigenvalue weighted by molar-refractivity contribution is 5.14. The predicted molar refractivity (Wildman–Crippen MR) is 80.2 cm³/mol. The molecular weight excluding hydrogens is 232 g/mol. The molecule has 1 unspecified atom stereocenters. The number of benzene rings is 1. The van der Waals surface area contributed by atoms with E-state index in [-0.39, 0.29) is 0 Å². The molecule has 2 heterocycles. The zero-order valence-corrected chi connectivity index (χ0v) is 11.9. The van der Waals surface area contributed by atoms with Gasteiger partial charge in [-0.3, -0.25) is 4.90 Å². The summed E-state index contributed by atoms with van der Waals surface area (Å²) in [7, 11) is 0. The zero-order chi connectivity index (χ0) is 13.0. The van der Waals surface area contributed by atoms with E-state index in [1.807, 2.05) is 0 Å². The highest BCUT2D eigenvalue weighted by Crippen LogP contribution is 2.30. The van der Waals surface area contributed by atoms with Gasteiger partial charge in [-0.2, -0.15) is 0 Å². The summed E-state index contributed by atoms with van der Waals surface area (Å²) in [6.45, 7) is 4.87. The van der Waals surface area contributed by atoms with Crippen molar-refractivity contribution in [1.29, 1.82) is 0 Å². The normalized spacial score (nSPS) is 29.3. The van der Waals surface area contributed by atoms with Gasteiger partial charge >= 0.3 is 0 Å². The minimum Gasteiger partial charge on any atom is -0.311 e. The smallest absolute Gasteiger partial charge is 0.0233 e. The molecule has 1 aromatic rings. The zero-order valence-electron chi connectivity index (χ0n) is 11.9. The lowest BCUT2D eigenvalue weighted by molar-refractivity contribution is 0.213. The third-order valence-corrected chi connectivity index (χ3v) is 4.87. The van der Waals surface area contributed by atoms with Crippen LogP contribution in [0.1, 0.15) is 44.1 Å². The fraction of sp³-hybridized carbons (Fsp3) is 0.647. The van der Waals surface area contributed by atoms with Crippen molar-refractivity contribution in [1.82, 2.24) is 10.2 Å². The molecule has 0 amide bonds. The average Bonchev–Trinajstić information content (AvgIpc) is 2.64. The molecule has 0 radical (unpaired) electrons. The highest BCUT2D eigenvalue weighted by Gasteiger charge is 2.33. The molecule has 2 saturated heterocycles. The average molecular weight is 258 g/mol. The van der Waals surface area contributed by atoms with E-state index in [1.165, 1.54) is 63.7 Å². The Morgan fingerprint density at radius 1 is 0.947 bits per heavy atom. The Hall–Kier alpha value is -0.860. The molecule has 0 saturated carbocycles. The quantitative estimate of drug-likeness (QED) is 0.876. The molecular formula is C17H26N2. The second-order valence-corrected chi connectivity index (χ2v) is 6.28. The van der Waals surface area contributed by atoms with Crippen LogP contribution in [0.5, 0.6) is 0 Å². The number of rotatable bonds is 2. The van der Waals surface area contributed by atoms with Gasteiger partial charge in [0, 0.05) is 18.6 Å². The Balaban J connectivity index is 1.58. The van der Waals surface area contributed by atoms with E-state index in [1.54, 1.807) is 0 Å². The number of likely N-dealkylation sites (tertiary alicyclic amines) is 1. The van der Waals surface area contributed by atoms with Gasteiger partial charge in [-0.15, -0.1) is 0 Å². The molecule has 0 aromatic heterocycles. The molecule has 0 aliphatic carbocycles. The first-order valence-electron chi connectivity index (χ1n) is 7.88. The lowest BCUT2D eigenvalue weighted by Gasteiger charge is -2.38. The van der Waals surface area contributed by atoms with Crippen LogP contribution in [0, 0.1) is 0 Å². The summed E-state index contributed by atoms with van der Waals surface area (Å²) in [6, 6.07) is 10.9. The van der Waals surface area contributed by atoms with E-state index in [4.69, 9.17) is 0 Å². The van der Waals surface area contributed by atoms with Crippen LogP contribution in [0.25, 0.3) is 0 Å². The first-order chi connectivity index (χ1) is 9.36. The maximum atomic E-state index is 3.83. The lowest BCUT2D eigenvalue weighted by atomic mass is 9.83. The molecule has 19 heavy (non-hydrogen) atoms. The molecule has 2 aliphatic heterocycles. The summed E-state index contributed by atoms with van der Waals surface area (Å²) in [4.78, 5) is 2.64. The van der Waals surface area contributed by atoms with Gasteiger partial charge in [-0.05, 0) is 50.8 Å². The van der Waals surface area contributed by atoms with Crippen LogP contribution < -0.4 is 5.32 Å². The van der Waals surface area contributed by atoms with E-state index >= 15 is 0 Å². The summed E-state index contributed by atoms with van der Waals surface area (Å²) < 4.78 is 0. The summed E-state index contributed by atoms with van der Waals surface area (Å²) in [6.07, 6.45) is 8.24. The Labute approximate surface area is 117 Å². The summed E-state index contributed by atoms with van der Waals surface area (Å²) in [5.41, 5.74) is 1.93. The number of nitrogens with one attached hydrogen (secondary N) is 1. The third kappa shape index (κ3) is 3.37. The molecule has 1 aromatic carbocycles. The molecule has 2 fully saturated rings. The largest absolute Gasteiger partial charge is 0.311 e. The first kappa shape index (κ1) is 13.1. The van der Waals surface area contributed by atoms with Crippen molar-refractivity contribution in [3.63, 3.8) is 0 Å². The lowest BCUT2D eigenvalue weighted by Crippen LogP contribution is -2.48. The second-order valence-electron chi connectivity index (χ2n) is 6.28. The van der Waals surface area contributed by atoms with E-state index in [2.05, 4.69) is 40.5 Å². The fourth-order valence-corrected chi connectivity index (χ4v) is 3.71. The van der Waals surface area contributed by atoms with Gasteiger partial charge < -0.3 is 5.32 Å². The maximum absolute atomic E-state index is 3.83.